The zero-order valence-electron chi connectivity index (χ0n) is 10.0. The molecule has 3 N–H and O–H groups in total. The molecule has 1 unspecified atom stereocenters. The molecule has 0 aliphatic rings. The van der Waals surface area contributed by atoms with E-state index in [0.717, 1.165) is 4.47 Å². The van der Waals surface area contributed by atoms with Gasteiger partial charge in [-0.3, -0.25) is 11.3 Å². The minimum absolute atomic E-state index is 0.296. The van der Waals surface area contributed by atoms with E-state index in [1.54, 1.807) is 24.3 Å². The van der Waals surface area contributed by atoms with Gasteiger partial charge in [-0.2, -0.15) is 0 Å². The fourth-order valence-electron chi connectivity index (χ4n) is 1.92. The quantitative estimate of drug-likeness (QED) is 0.667. The molecule has 0 aliphatic heterocycles. The van der Waals surface area contributed by atoms with Crippen molar-refractivity contribution in [2.75, 3.05) is 0 Å². The summed E-state index contributed by atoms with van der Waals surface area (Å²) in [5, 5.41) is 0. The van der Waals surface area contributed by atoms with Crippen molar-refractivity contribution in [1.82, 2.24) is 5.43 Å². The Labute approximate surface area is 118 Å². The highest BCUT2D eigenvalue weighted by molar-refractivity contribution is 9.10. The topological polar surface area (TPSA) is 38.0 Å². The van der Waals surface area contributed by atoms with E-state index < -0.39 is 0 Å². The molecule has 0 heterocycles. The van der Waals surface area contributed by atoms with Crippen LogP contribution in [0.5, 0.6) is 0 Å². The minimum Gasteiger partial charge on any atom is -0.271 e. The summed E-state index contributed by atoms with van der Waals surface area (Å²) < 4.78 is 27.7. The maximum absolute atomic E-state index is 13.6. The lowest BCUT2D eigenvalue weighted by molar-refractivity contribution is 0.523. The number of hydrogen-bond donors (Lipinski definition) is 2. The summed E-state index contributed by atoms with van der Waals surface area (Å²) in [5.74, 6) is 4.86. The lowest BCUT2D eigenvalue weighted by Crippen LogP contribution is -2.30. The van der Waals surface area contributed by atoms with Crippen LogP contribution < -0.4 is 11.3 Å². The standard InChI is InChI=1S/C14H13BrF2N2/c15-12-6-5-10(16)8-11(12)14(19-18)7-9-3-1-2-4-13(9)17/h1-6,8,14,19H,7,18H2. The van der Waals surface area contributed by atoms with Gasteiger partial charge in [0.2, 0.25) is 0 Å². The lowest BCUT2D eigenvalue weighted by atomic mass is 9.99. The van der Waals surface area contributed by atoms with Gasteiger partial charge in [0.1, 0.15) is 11.6 Å². The summed E-state index contributed by atoms with van der Waals surface area (Å²) in [4.78, 5) is 0. The average Bonchev–Trinajstić information content (AvgIpc) is 2.41. The molecule has 0 aromatic heterocycles. The highest BCUT2D eigenvalue weighted by Crippen LogP contribution is 2.27. The maximum Gasteiger partial charge on any atom is 0.126 e. The second kappa shape index (κ2) is 6.23. The minimum atomic E-state index is -0.373. The molecule has 0 spiro atoms. The van der Waals surface area contributed by atoms with Crippen molar-refractivity contribution in [3.63, 3.8) is 0 Å². The van der Waals surface area contributed by atoms with Crippen LogP contribution in [0.25, 0.3) is 0 Å². The highest BCUT2D eigenvalue weighted by atomic mass is 79.9. The van der Waals surface area contributed by atoms with E-state index in [-0.39, 0.29) is 17.7 Å². The number of rotatable bonds is 4. The van der Waals surface area contributed by atoms with Crippen molar-refractivity contribution in [3.05, 3.63) is 69.7 Å². The van der Waals surface area contributed by atoms with E-state index in [4.69, 9.17) is 5.84 Å². The van der Waals surface area contributed by atoms with Crippen molar-refractivity contribution < 1.29 is 8.78 Å². The fourth-order valence-corrected chi connectivity index (χ4v) is 2.45. The third kappa shape index (κ3) is 3.37. The Hall–Kier alpha value is -1.30. The first-order chi connectivity index (χ1) is 9.11. The molecule has 5 heteroatoms. The van der Waals surface area contributed by atoms with Crippen LogP contribution in [0.3, 0.4) is 0 Å². The third-order valence-electron chi connectivity index (χ3n) is 2.92. The van der Waals surface area contributed by atoms with Gasteiger partial charge in [-0.25, -0.2) is 8.78 Å². The Morgan fingerprint density at radius 2 is 1.89 bits per heavy atom. The molecular weight excluding hydrogens is 314 g/mol. The average molecular weight is 327 g/mol. The number of hydrazine groups is 1. The molecule has 0 saturated carbocycles. The van der Waals surface area contributed by atoms with E-state index in [1.165, 1.54) is 18.2 Å². The summed E-state index contributed by atoms with van der Waals surface area (Å²) in [6.45, 7) is 0. The number of halogens is 3. The molecule has 0 bridgehead atoms. The Morgan fingerprint density at radius 1 is 1.16 bits per heavy atom. The van der Waals surface area contributed by atoms with Gasteiger partial charge in [-0.05, 0) is 41.8 Å². The zero-order chi connectivity index (χ0) is 13.8. The fraction of sp³-hybridized carbons (Fsp3) is 0.143. The van der Waals surface area contributed by atoms with E-state index in [2.05, 4.69) is 21.4 Å². The molecule has 0 amide bonds. The number of nitrogens with one attached hydrogen (secondary N) is 1. The molecule has 0 radical (unpaired) electrons. The van der Waals surface area contributed by atoms with Crippen LogP contribution in [0.2, 0.25) is 0 Å². The van der Waals surface area contributed by atoms with Crippen molar-refractivity contribution in [2.45, 2.75) is 12.5 Å². The van der Waals surface area contributed by atoms with Crippen LogP contribution in [0, 0.1) is 11.6 Å². The predicted octanol–water partition coefficient (Wildman–Crippen LogP) is 3.47. The van der Waals surface area contributed by atoms with Crippen LogP contribution in [0.1, 0.15) is 17.2 Å². The van der Waals surface area contributed by atoms with Crippen molar-refractivity contribution >= 4 is 15.9 Å². The van der Waals surface area contributed by atoms with Crippen molar-refractivity contribution in [3.8, 4) is 0 Å². The molecule has 2 aromatic carbocycles. The van der Waals surface area contributed by atoms with Crippen LogP contribution >= 0.6 is 15.9 Å². The van der Waals surface area contributed by atoms with E-state index in [0.29, 0.717) is 17.5 Å². The van der Waals surface area contributed by atoms with Crippen molar-refractivity contribution in [1.29, 1.82) is 0 Å². The lowest BCUT2D eigenvalue weighted by Gasteiger charge is -2.18. The molecule has 2 aromatic rings. The number of hydrogen-bond acceptors (Lipinski definition) is 2. The molecule has 19 heavy (non-hydrogen) atoms. The van der Waals surface area contributed by atoms with E-state index in [1.807, 2.05) is 0 Å². The largest absolute Gasteiger partial charge is 0.271 e. The summed E-state index contributed by atoms with van der Waals surface area (Å²) >= 11 is 3.35. The third-order valence-corrected chi connectivity index (χ3v) is 3.64. The van der Waals surface area contributed by atoms with E-state index in [9.17, 15) is 8.78 Å². The predicted molar refractivity (Wildman–Crippen MR) is 74.3 cm³/mol. The first-order valence-corrected chi connectivity index (χ1v) is 6.55. The second-order valence-corrected chi connectivity index (χ2v) is 5.03. The molecular formula is C14H13BrF2N2. The SMILES string of the molecule is NNC(Cc1ccccc1F)c1cc(F)ccc1Br. The zero-order valence-corrected chi connectivity index (χ0v) is 11.6. The van der Waals surface area contributed by atoms with Crippen LogP contribution in [0.15, 0.2) is 46.9 Å². The smallest absolute Gasteiger partial charge is 0.126 e. The molecule has 2 nitrogen and oxygen atoms in total. The number of benzene rings is 2. The van der Waals surface area contributed by atoms with Gasteiger partial charge < -0.3 is 0 Å². The highest BCUT2D eigenvalue weighted by Gasteiger charge is 2.16. The van der Waals surface area contributed by atoms with Crippen LogP contribution in [-0.2, 0) is 6.42 Å². The summed E-state index contributed by atoms with van der Waals surface area (Å²) in [6.07, 6.45) is 0.339. The Bertz CT molecular complexity index is 575. The Balaban J connectivity index is 2.30. The maximum atomic E-state index is 13.6. The molecule has 100 valence electrons. The first-order valence-electron chi connectivity index (χ1n) is 5.76. The van der Waals surface area contributed by atoms with Gasteiger partial charge in [0.15, 0.2) is 0 Å². The summed E-state index contributed by atoms with van der Waals surface area (Å²) in [7, 11) is 0. The first kappa shape index (κ1) is 14.1. The number of nitrogens with two attached hydrogens (primary N) is 1. The van der Waals surface area contributed by atoms with Gasteiger partial charge >= 0.3 is 0 Å². The van der Waals surface area contributed by atoms with Gasteiger partial charge in [-0.15, -0.1) is 0 Å². The normalized spacial score (nSPS) is 12.4. The molecule has 0 saturated heterocycles. The molecule has 0 fully saturated rings. The summed E-state index contributed by atoms with van der Waals surface area (Å²) in [6, 6.07) is 10.4. The van der Waals surface area contributed by atoms with Crippen molar-refractivity contribution in [2.24, 2.45) is 5.84 Å². The Morgan fingerprint density at radius 3 is 2.58 bits per heavy atom. The van der Waals surface area contributed by atoms with Crippen LogP contribution in [0.4, 0.5) is 8.78 Å². The van der Waals surface area contributed by atoms with Gasteiger partial charge in [0, 0.05) is 4.47 Å². The van der Waals surface area contributed by atoms with Crippen LogP contribution in [-0.4, -0.2) is 0 Å². The second-order valence-electron chi connectivity index (χ2n) is 4.18. The molecule has 0 aliphatic carbocycles. The van der Waals surface area contributed by atoms with E-state index >= 15 is 0 Å². The van der Waals surface area contributed by atoms with Gasteiger partial charge in [0.05, 0.1) is 6.04 Å². The molecule has 1 atom stereocenters. The van der Waals surface area contributed by atoms with Gasteiger partial charge in [-0.1, -0.05) is 34.1 Å². The molecule has 2 rings (SSSR count). The Kier molecular flexibility index (Phi) is 4.63. The summed E-state index contributed by atoms with van der Waals surface area (Å²) in [5.41, 5.74) is 3.79. The van der Waals surface area contributed by atoms with Gasteiger partial charge in [0.25, 0.3) is 0 Å². The monoisotopic (exact) mass is 326 g/mol.